The summed E-state index contributed by atoms with van der Waals surface area (Å²) in [7, 11) is 0. The lowest BCUT2D eigenvalue weighted by atomic mass is 9.80. The average molecular weight is 659 g/mol. The van der Waals surface area contributed by atoms with Gasteiger partial charge in [0.1, 0.15) is 5.75 Å². The maximum Gasteiger partial charge on any atom is 0.252 e. The molecule has 1 amide bonds. The minimum absolute atomic E-state index is 0.0323. The molecular formula is C37H38N8O4. The van der Waals surface area contributed by atoms with Gasteiger partial charge in [-0.15, -0.1) is 0 Å². The number of carbonyl (C=O) groups is 1. The summed E-state index contributed by atoms with van der Waals surface area (Å²) in [6, 6.07) is 31.8. The van der Waals surface area contributed by atoms with Crippen LogP contribution >= 0.6 is 0 Å². The third kappa shape index (κ3) is 8.77. The van der Waals surface area contributed by atoms with Crippen molar-refractivity contribution in [3.05, 3.63) is 152 Å². The second-order valence-corrected chi connectivity index (χ2v) is 11.6. The highest BCUT2D eigenvalue weighted by atomic mass is 16.5. The van der Waals surface area contributed by atoms with Crippen LogP contribution in [0.2, 0.25) is 0 Å². The first-order valence-electron chi connectivity index (χ1n) is 16.2. The van der Waals surface area contributed by atoms with Crippen molar-refractivity contribution in [2.75, 3.05) is 19.8 Å². The minimum Gasteiger partial charge on any atom is -0.494 e. The molecule has 12 nitrogen and oxygen atoms in total. The van der Waals surface area contributed by atoms with Crippen LogP contribution in [0.15, 0.2) is 118 Å². The summed E-state index contributed by atoms with van der Waals surface area (Å²) in [6.45, 7) is 0.919. The highest BCUT2D eigenvalue weighted by Gasteiger charge is 2.54. The molecular weight excluding hydrogens is 620 g/mol. The number of amides is 1. The Morgan fingerprint density at radius 2 is 1.63 bits per heavy atom. The molecule has 5 rings (SSSR count). The van der Waals surface area contributed by atoms with Crippen molar-refractivity contribution in [3.8, 4) is 5.75 Å². The van der Waals surface area contributed by atoms with E-state index in [2.05, 4.69) is 37.5 Å². The van der Waals surface area contributed by atoms with Crippen LogP contribution in [-0.2, 0) is 28.9 Å². The summed E-state index contributed by atoms with van der Waals surface area (Å²) in [4.78, 5) is 25.7. The van der Waals surface area contributed by atoms with Crippen LogP contribution < -0.4 is 10.1 Å². The SMILES string of the molecule is [N-]=[N+]=NCc1ccccc1C[C@@]1(C(=O)NCCCCc2ccccc2)N=C(c2ccc(OCCCO)cc2)O[C@@H]1c1ccccc1N=[N+]=[N-]. The van der Waals surface area contributed by atoms with Crippen LogP contribution in [0.3, 0.4) is 0 Å². The highest BCUT2D eigenvalue weighted by molar-refractivity contribution is 6.01. The first-order chi connectivity index (χ1) is 24.1. The van der Waals surface area contributed by atoms with E-state index in [9.17, 15) is 10.3 Å². The van der Waals surface area contributed by atoms with Crippen molar-refractivity contribution >= 4 is 17.5 Å². The topological polar surface area (TPSA) is 178 Å². The number of hydrogen-bond acceptors (Lipinski definition) is 7. The van der Waals surface area contributed by atoms with Gasteiger partial charge < -0.3 is 19.9 Å². The highest BCUT2D eigenvalue weighted by Crippen LogP contribution is 2.45. The number of nitrogens with one attached hydrogen (secondary N) is 1. The van der Waals surface area contributed by atoms with Gasteiger partial charge in [0.05, 0.1) is 13.2 Å². The standard InChI is InChI=1S/C37H38N8O4/c38-44-41-26-30-15-5-4-14-29(30)25-37(36(47)40-22-9-8-13-27-11-2-1-3-12-27)34(32-16-6-7-17-33(32)43-45-39)49-35(42-37)28-18-20-31(21-19-28)48-24-10-23-46/h1-7,11-12,14-21,34,46H,8-10,13,22-26H2,(H,40,47)/t34-,37-/m1/s1. The van der Waals surface area contributed by atoms with Gasteiger partial charge in [0.25, 0.3) is 5.91 Å². The molecule has 1 aliphatic heterocycles. The average Bonchev–Trinajstić information content (AvgIpc) is 3.52. The van der Waals surface area contributed by atoms with Crippen LogP contribution in [0.1, 0.15) is 53.2 Å². The molecule has 0 bridgehead atoms. The van der Waals surface area contributed by atoms with Gasteiger partial charge in [0.15, 0.2) is 11.6 Å². The molecule has 12 heteroatoms. The number of ether oxygens (including phenoxy) is 2. The van der Waals surface area contributed by atoms with Crippen LogP contribution in [0.4, 0.5) is 5.69 Å². The Hall–Kier alpha value is -5.80. The van der Waals surface area contributed by atoms with Gasteiger partial charge in [-0.1, -0.05) is 89.1 Å². The number of azide groups is 2. The van der Waals surface area contributed by atoms with Crippen LogP contribution in [-0.4, -0.2) is 42.2 Å². The molecule has 0 aliphatic carbocycles. The number of aliphatic hydroxyl groups excluding tert-OH is 1. The summed E-state index contributed by atoms with van der Waals surface area (Å²) < 4.78 is 12.3. The van der Waals surface area contributed by atoms with Gasteiger partial charge in [-0.2, -0.15) is 0 Å². The summed E-state index contributed by atoms with van der Waals surface area (Å²) >= 11 is 0. The Kier molecular flexibility index (Phi) is 12.2. The van der Waals surface area contributed by atoms with Crippen LogP contribution in [0, 0.1) is 0 Å². The van der Waals surface area contributed by atoms with E-state index in [1.807, 2.05) is 42.5 Å². The van der Waals surface area contributed by atoms with Gasteiger partial charge in [-0.05, 0) is 71.3 Å². The summed E-state index contributed by atoms with van der Waals surface area (Å²) in [5.74, 6) is 0.521. The second kappa shape index (κ2) is 17.4. The number of benzene rings is 4. The molecule has 4 aromatic rings. The third-order valence-corrected chi connectivity index (χ3v) is 8.30. The normalized spacial score (nSPS) is 16.4. The van der Waals surface area contributed by atoms with E-state index in [0.29, 0.717) is 42.1 Å². The zero-order valence-corrected chi connectivity index (χ0v) is 27.1. The lowest BCUT2D eigenvalue weighted by Gasteiger charge is -2.32. The fraction of sp³-hybridized carbons (Fsp3) is 0.297. The van der Waals surface area contributed by atoms with Crippen molar-refractivity contribution in [2.45, 2.75) is 50.3 Å². The number of aryl methyl sites for hydroxylation is 1. The number of aliphatic hydroxyl groups is 1. The molecule has 1 heterocycles. The van der Waals surface area contributed by atoms with Crippen LogP contribution in [0.5, 0.6) is 5.75 Å². The molecule has 49 heavy (non-hydrogen) atoms. The number of aliphatic imine (C=N–C) groups is 1. The number of carbonyl (C=O) groups excluding carboxylic acids is 1. The fourth-order valence-corrected chi connectivity index (χ4v) is 5.84. The van der Waals surface area contributed by atoms with Gasteiger partial charge in [0, 0.05) is 52.6 Å². The smallest absolute Gasteiger partial charge is 0.252 e. The first kappa shape index (κ1) is 34.5. The molecule has 250 valence electrons. The molecule has 0 saturated carbocycles. The maximum absolute atomic E-state index is 14.6. The number of hydrogen-bond donors (Lipinski definition) is 2. The molecule has 0 aromatic heterocycles. The summed E-state index contributed by atoms with van der Waals surface area (Å²) in [5, 5.41) is 20.0. The number of nitrogens with zero attached hydrogens (tertiary/aromatic N) is 7. The molecule has 2 N–H and O–H groups in total. The first-order valence-corrected chi connectivity index (χ1v) is 16.2. The Labute approximate surface area is 284 Å². The van der Waals surface area contributed by atoms with Gasteiger partial charge >= 0.3 is 0 Å². The van der Waals surface area contributed by atoms with Gasteiger partial charge in [-0.3, -0.25) is 4.79 Å². The lowest BCUT2D eigenvalue weighted by Crippen LogP contribution is -2.50. The number of unbranched alkanes of at least 4 members (excludes halogenated alkanes) is 1. The Balaban J connectivity index is 1.54. The molecule has 1 aliphatic rings. The predicted molar refractivity (Wildman–Crippen MR) is 187 cm³/mol. The second-order valence-electron chi connectivity index (χ2n) is 11.6. The van der Waals surface area contributed by atoms with Crippen molar-refractivity contribution in [3.63, 3.8) is 0 Å². The Bertz CT molecular complexity index is 1840. The van der Waals surface area contributed by atoms with E-state index in [-0.39, 0.29) is 31.4 Å². The van der Waals surface area contributed by atoms with E-state index in [4.69, 9.17) is 25.1 Å². The maximum atomic E-state index is 14.6. The van der Waals surface area contributed by atoms with E-state index in [1.54, 1.807) is 48.5 Å². The van der Waals surface area contributed by atoms with Crippen molar-refractivity contribution in [1.29, 1.82) is 0 Å². The van der Waals surface area contributed by atoms with E-state index in [1.165, 1.54) is 5.56 Å². The Morgan fingerprint density at radius 3 is 2.39 bits per heavy atom. The summed E-state index contributed by atoms with van der Waals surface area (Å²) in [5.41, 5.74) is 21.1. The van der Waals surface area contributed by atoms with Gasteiger partial charge in [0.2, 0.25) is 5.90 Å². The quantitative estimate of drug-likeness (QED) is 0.0508. The molecule has 4 aromatic carbocycles. The van der Waals surface area contributed by atoms with Gasteiger partial charge in [-0.25, -0.2) is 4.99 Å². The van der Waals surface area contributed by atoms with Crippen molar-refractivity contribution in [1.82, 2.24) is 5.32 Å². The van der Waals surface area contributed by atoms with E-state index < -0.39 is 11.6 Å². The minimum atomic E-state index is -1.53. The van der Waals surface area contributed by atoms with Crippen LogP contribution in [0.25, 0.3) is 20.9 Å². The fourth-order valence-electron chi connectivity index (χ4n) is 5.84. The van der Waals surface area contributed by atoms with E-state index in [0.717, 1.165) is 30.4 Å². The van der Waals surface area contributed by atoms with Crippen molar-refractivity contribution in [2.24, 2.45) is 15.2 Å². The third-order valence-electron chi connectivity index (χ3n) is 8.30. The predicted octanol–water partition coefficient (Wildman–Crippen LogP) is 7.84. The zero-order valence-electron chi connectivity index (χ0n) is 27.1. The molecule has 0 spiro atoms. The monoisotopic (exact) mass is 658 g/mol. The van der Waals surface area contributed by atoms with E-state index >= 15 is 0 Å². The van der Waals surface area contributed by atoms with Crippen molar-refractivity contribution < 1.29 is 19.4 Å². The molecule has 0 saturated heterocycles. The lowest BCUT2D eigenvalue weighted by molar-refractivity contribution is -0.128. The molecule has 0 fully saturated rings. The molecule has 0 radical (unpaired) electrons. The molecule has 2 atom stereocenters. The Morgan fingerprint density at radius 1 is 0.898 bits per heavy atom. The number of rotatable bonds is 17. The molecule has 0 unspecified atom stereocenters. The zero-order chi connectivity index (χ0) is 34.3. The largest absolute Gasteiger partial charge is 0.494 e. The summed E-state index contributed by atoms with van der Waals surface area (Å²) in [6.07, 6.45) is 2.17.